The number of nitrogens with zero attached hydrogens (tertiary/aromatic N) is 3. The molecule has 0 aliphatic carbocycles. The molecule has 3 rings (SSSR count). The first-order valence-electron chi connectivity index (χ1n) is 9.48. The molecule has 2 aromatic carbocycles. The van der Waals surface area contributed by atoms with Crippen LogP contribution in [0.25, 0.3) is 4.85 Å². The Hall–Kier alpha value is -3.04. The largest absolute Gasteiger partial charge is 0.304 e. The number of hydrogen-bond acceptors (Lipinski definition) is 3. The van der Waals surface area contributed by atoms with E-state index in [4.69, 9.17) is 18.8 Å². The number of rotatable bonds is 5. The summed E-state index contributed by atoms with van der Waals surface area (Å²) in [6, 6.07) is 12.9. The number of carbonyl (C=O) groups is 2. The molecule has 0 aromatic heterocycles. The van der Waals surface area contributed by atoms with Crippen LogP contribution in [0, 0.1) is 13.5 Å². The van der Waals surface area contributed by atoms with Gasteiger partial charge in [0.1, 0.15) is 11.3 Å². The number of anilines is 2. The topological polar surface area (TPSA) is 45.0 Å². The van der Waals surface area contributed by atoms with Gasteiger partial charge in [0, 0.05) is 24.2 Å². The number of hydrogen-bond donors (Lipinski definition) is 0. The van der Waals surface area contributed by atoms with Crippen molar-refractivity contribution in [3.8, 4) is 0 Å². The Morgan fingerprint density at radius 2 is 1.76 bits per heavy atom. The molecule has 1 saturated heterocycles. The van der Waals surface area contributed by atoms with Crippen molar-refractivity contribution in [1.82, 2.24) is 0 Å². The summed E-state index contributed by atoms with van der Waals surface area (Å²) in [4.78, 5) is 31.8. The second-order valence-corrected chi connectivity index (χ2v) is 8.00. The molecule has 29 heavy (non-hydrogen) atoms. The maximum atomic E-state index is 13.2. The molecular formula is C23H23N3O2S. The van der Waals surface area contributed by atoms with Gasteiger partial charge in [0.25, 0.3) is 5.91 Å². The molecule has 0 atom stereocenters. The molecule has 0 spiro atoms. The molecule has 1 amide bonds. The normalized spacial score (nSPS) is 15.6. The van der Waals surface area contributed by atoms with E-state index in [1.54, 1.807) is 12.1 Å². The van der Waals surface area contributed by atoms with E-state index in [0.29, 0.717) is 29.3 Å². The summed E-state index contributed by atoms with van der Waals surface area (Å²) in [7, 11) is 0. The Labute approximate surface area is 176 Å². The quantitative estimate of drug-likeness (QED) is 0.520. The van der Waals surface area contributed by atoms with Gasteiger partial charge in [-0.15, -0.1) is 0 Å². The lowest BCUT2D eigenvalue weighted by Gasteiger charge is -2.29. The van der Waals surface area contributed by atoms with E-state index in [0.717, 1.165) is 16.8 Å². The first kappa shape index (κ1) is 20.7. The monoisotopic (exact) mass is 405 g/mol. The lowest BCUT2D eigenvalue weighted by molar-refractivity contribution is -0.120. The summed E-state index contributed by atoms with van der Waals surface area (Å²) in [5, 5.41) is 0.396. The summed E-state index contributed by atoms with van der Waals surface area (Å²) in [5.41, 5.74) is 2.90. The molecule has 0 N–H and O–H groups in total. The summed E-state index contributed by atoms with van der Waals surface area (Å²) >= 11 is 5.69. The van der Waals surface area contributed by atoms with Crippen molar-refractivity contribution in [3.63, 3.8) is 0 Å². The van der Waals surface area contributed by atoms with Crippen molar-refractivity contribution < 1.29 is 9.59 Å². The van der Waals surface area contributed by atoms with Crippen LogP contribution in [0.3, 0.4) is 0 Å². The Morgan fingerprint density at radius 1 is 1.14 bits per heavy atom. The van der Waals surface area contributed by atoms with Crippen LogP contribution in [0.4, 0.5) is 17.1 Å². The van der Waals surface area contributed by atoms with Crippen molar-refractivity contribution in [2.45, 2.75) is 46.1 Å². The third-order valence-electron chi connectivity index (χ3n) is 5.22. The molecule has 1 heterocycles. The average molecular weight is 406 g/mol. The highest BCUT2D eigenvalue weighted by Gasteiger charge is 2.50. The fourth-order valence-electron chi connectivity index (χ4n) is 3.48. The van der Waals surface area contributed by atoms with Gasteiger partial charge in [0.15, 0.2) is 10.8 Å². The van der Waals surface area contributed by atoms with Crippen LogP contribution < -0.4 is 9.80 Å². The van der Waals surface area contributed by atoms with Gasteiger partial charge in [-0.3, -0.25) is 14.5 Å². The summed E-state index contributed by atoms with van der Waals surface area (Å²) < 4.78 is 0. The minimum absolute atomic E-state index is 0.123. The number of amides is 1. The molecular weight excluding hydrogens is 382 g/mol. The SMILES string of the molecule is [C-]#[N+]c1ccc(N2C(=O)C(C)(C)N(c3ccc(CC(=O)CC)cc3)C2=S)cc1C. The Kier molecular flexibility index (Phi) is 5.54. The highest BCUT2D eigenvalue weighted by Crippen LogP contribution is 2.37. The molecule has 1 aliphatic rings. The van der Waals surface area contributed by atoms with Crippen LogP contribution in [0.5, 0.6) is 0 Å². The number of aryl methyl sites for hydroxylation is 1. The Balaban J connectivity index is 1.96. The van der Waals surface area contributed by atoms with Crippen LogP contribution in [-0.2, 0) is 16.0 Å². The van der Waals surface area contributed by atoms with E-state index in [-0.39, 0.29) is 11.7 Å². The second kappa shape index (κ2) is 7.76. The number of benzene rings is 2. The predicted molar refractivity (Wildman–Crippen MR) is 120 cm³/mol. The van der Waals surface area contributed by atoms with Crippen LogP contribution in [-0.4, -0.2) is 22.3 Å². The summed E-state index contributed by atoms with van der Waals surface area (Å²) in [6.45, 7) is 14.6. The lowest BCUT2D eigenvalue weighted by atomic mass is 10.0. The molecule has 0 saturated carbocycles. The Bertz CT molecular complexity index is 1040. The average Bonchev–Trinajstić information content (AvgIpc) is 2.86. The van der Waals surface area contributed by atoms with Crippen LogP contribution in [0.2, 0.25) is 0 Å². The fourth-order valence-corrected chi connectivity index (χ4v) is 4.00. The highest BCUT2D eigenvalue weighted by atomic mass is 32.1. The molecule has 148 valence electrons. The number of Topliss-reactive ketones (excluding diaryl/α,β-unsaturated/α-hetero) is 1. The zero-order chi connectivity index (χ0) is 21.3. The van der Waals surface area contributed by atoms with Crippen molar-refractivity contribution in [3.05, 3.63) is 65.0 Å². The first-order valence-corrected chi connectivity index (χ1v) is 9.89. The third kappa shape index (κ3) is 3.66. The van der Waals surface area contributed by atoms with E-state index in [2.05, 4.69) is 4.85 Å². The number of ketones is 1. The Morgan fingerprint density at radius 3 is 2.31 bits per heavy atom. The van der Waals surface area contributed by atoms with Gasteiger partial charge in [0.2, 0.25) is 0 Å². The van der Waals surface area contributed by atoms with Crippen molar-refractivity contribution in [1.29, 1.82) is 0 Å². The van der Waals surface area contributed by atoms with Crippen molar-refractivity contribution in [2.24, 2.45) is 0 Å². The van der Waals surface area contributed by atoms with Crippen LogP contribution in [0.1, 0.15) is 38.3 Å². The van der Waals surface area contributed by atoms with Gasteiger partial charge in [0.05, 0.1) is 6.57 Å². The van der Waals surface area contributed by atoms with Crippen LogP contribution in [0.15, 0.2) is 42.5 Å². The molecule has 2 aromatic rings. The molecule has 5 nitrogen and oxygen atoms in total. The maximum absolute atomic E-state index is 13.2. The minimum atomic E-state index is -0.857. The fraction of sp³-hybridized carbons (Fsp3) is 0.304. The maximum Gasteiger partial charge on any atom is 0.259 e. The summed E-state index contributed by atoms with van der Waals surface area (Å²) in [5.74, 6) is 0.0667. The summed E-state index contributed by atoms with van der Waals surface area (Å²) in [6.07, 6.45) is 0.919. The molecule has 6 heteroatoms. The minimum Gasteiger partial charge on any atom is -0.304 e. The van der Waals surface area contributed by atoms with E-state index < -0.39 is 5.54 Å². The predicted octanol–water partition coefficient (Wildman–Crippen LogP) is 4.98. The standard InChI is InChI=1S/C23H23N3O2S/c1-6-19(27)14-16-7-9-17(10-8-16)26-22(29)25(21(28)23(26,3)4)18-11-12-20(24-5)15(2)13-18/h7-13H,6,14H2,1-4H3. The second-order valence-electron chi connectivity index (χ2n) is 7.64. The van der Waals surface area contributed by atoms with E-state index >= 15 is 0 Å². The van der Waals surface area contributed by atoms with Crippen LogP contribution >= 0.6 is 12.2 Å². The van der Waals surface area contributed by atoms with Gasteiger partial charge in [-0.1, -0.05) is 25.1 Å². The van der Waals surface area contributed by atoms with Gasteiger partial charge in [-0.2, -0.15) is 0 Å². The number of thiocarbonyl (C=S) groups is 1. The zero-order valence-corrected chi connectivity index (χ0v) is 17.8. The molecule has 1 aliphatic heterocycles. The van der Waals surface area contributed by atoms with Gasteiger partial charge < -0.3 is 4.90 Å². The molecule has 1 fully saturated rings. The number of carbonyl (C=O) groups excluding carboxylic acids is 2. The van der Waals surface area contributed by atoms with Crippen molar-refractivity contribution in [2.75, 3.05) is 9.80 Å². The third-order valence-corrected chi connectivity index (χ3v) is 5.58. The zero-order valence-electron chi connectivity index (χ0n) is 17.0. The molecule has 0 unspecified atom stereocenters. The molecule has 0 bridgehead atoms. The first-order chi connectivity index (χ1) is 13.7. The van der Waals surface area contributed by atoms with Gasteiger partial charge >= 0.3 is 0 Å². The van der Waals surface area contributed by atoms with E-state index in [1.165, 1.54) is 4.90 Å². The van der Waals surface area contributed by atoms with E-state index in [9.17, 15) is 9.59 Å². The van der Waals surface area contributed by atoms with Gasteiger partial charge in [-0.05, 0) is 68.4 Å². The smallest absolute Gasteiger partial charge is 0.259 e. The van der Waals surface area contributed by atoms with Crippen molar-refractivity contribution >= 4 is 46.1 Å². The van der Waals surface area contributed by atoms with E-state index in [1.807, 2.05) is 62.9 Å². The van der Waals surface area contributed by atoms with Gasteiger partial charge in [-0.25, -0.2) is 4.85 Å². The highest BCUT2D eigenvalue weighted by molar-refractivity contribution is 7.81. The lowest BCUT2D eigenvalue weighted by Crippen LogP contribution is -2.44. The molecule has 0 radical (unpaired) electrons.